The first-order chi connectivity index (χ1) is 15.4. The van der Waals surface area contributed by atoms with Crippen molar-refractivity contribution in [3.63, 3.8) is 0 Å². The van der Waals surface area contributed by atoms with Crippen molar-refractivity contribution in [3.05, 3.63) is 53.3 Å². The van der Waals surface area contributed by atoms with Crippen LogP contribution >= 0.6 is 0 Å². The molecule has 0 aromatic heterocycles. The van der Waals surface area contributed by atoms with Crippen LogP contribution in [0.25, 0.3) is 0 Å². The molecule has 3 N–H and O–H groups in total. The van der Waals surface area contributed by atoms with Crippen LogP contribution in [0.2, 0.25) is 0 Å². The van der Waals surface area contributed by atoms with Gasteiger partial charge in [-0.2, -0.15) is 0 Å². The largest absolute Gasteiger partial charge is 0.379 e. The van der Waals surface area contributed by atoms with Crippen LogP contribution in [0.4, 0.5) is 5.69 Å². The minimum absolute atomic E-state index is 0.0412. The minimum atomic E-state index is -0.339. The van der Waals surface area contributed by atoms with E-state index in [1.165, 1.54) is 0 Å². The molecule has 5 heteroatoms. The number of carbonyl (C=O) groups is 1. The van der Waals surface area contributed by atoms with E-state index in [0.717, 1.165) is 67.5 Å². The van der Waals surface area contributed by atoms with Crippen molar-refractivity contribution in [2.24, 2.45) is 10.7 Å². The second-order valence-electron chi connectivity index (χ2n) is 9.75. The van der Waals surface area contributed by atoms with Crippen molar-refractivity contribution < 1.29 is 4.79 Å². The third-order valence-corrected chi connectivity index (χ3v) is 7.21. The number of terminal acetylenes is 1. The zero-order chi connectivity index (χ0) is 22.9. The number of unbranched alkanes of at least 4 members (excludes halogenated alkanes) is 1. The lowest BCUT2D eigenvalue weighted by Gasteiger charge is -2.69. The lowest BCUT2D eigenvalue weighted by molar-refractivity contribution is -0.130. The highest BCUT2D eigenvalue weighted by Crippen LogP contribution is 2.60. The van der Waals surface area contributed by atoms with E-state index in [1.54, 1.807) is 0 Å². The first kappa shape index (κ1) is 22.4. The van der Waals surface area contributed by atoms with E-state index in [9.17, 15) is 4.79 Å². The molecule has 1 aromatic rings. The van der Waals surface area contributed by atoms with Crippen LogP contribution in [-0.4, -0.2) is 34.6 Å². The van der Waals surface area contributed by atoms with Crippen molar-refractivity contribution in [1.29, 1.82) is 0 Å². The fourth-order valence-corrected chi connectivity index (χ4v) is 5.93. The van der Waals surface area contributed by atoms with E-state index < -0.39 is 0 Å². The number of nitrogens with one attached hydrogen (secondary N) is 1. The summed E-state index contributed by atoms with van der Waals surface area (Å²) in [6.45, 7) is 8.00. The number of amides is 1. The Bertz CT molecular complexity index is 978. The fourth-order valence-electron chi connectivity index (χ4n) is 5.93. The van der Waals surface area contributed by atoms with Gasteiger partial charge in [0.2, 0.25) is 0 Å². The van der Waals surface area contributed by atoms with Crippen LogP contribution in [0.15, 0.2) is 52.7 Å². The number of benzene rings is 1. The number of anilines is 1. The molecule has 5 rings (SSSR count). The zero-order valence-corrected chi connectivity index (χ0v) is 19.2. The highest BCUT2D eigenvalue weighted by molar-refractivity contribution is 5.94. The molecule has 2 atom stereocenters. The monoisotopic (exact) mass is 430 g/mol. The molecule has 168 valence electrons. The lowest BCUT2D eigenvalue weighted by Crippen LogP contribution is -2.79. The molecule has 3 saturated carbocycles. The van der Waals surface area contributed by atoms with Crippen LogP contribution in [0, 0.1) is 12.3 Å². The molecule has 5 nitrogen and oxygen atoms in total. The summed E-state index contributed by atoms with van der Waals surface area (Å²) in [5.74, 6) is 2.07. The first-order valence-corrected chi connectivity index (χ1v) is 11.7. The summed E-state index contributed by atoms with van der Waals surface area (Å²) >= 11 is 0. The van der Waals surface area contributed by atoms with E-state index in [2.05, 4.69) is 60.2 Å². The third kappa shape index (κ3) is 3.89. The zero-order valence-electron chi connectivity index (χ0n) is 19.2. The summed E-state index contributed by atoms with van der Waals surface area (Å²) in [4.78, 5) is 19.2. The van der Waals surface area contributed by atoms with Crippen molar-refractivity contribution >= 4 is 18.3 Å². The smallest absolute Gasteiger partial charge is 0.299 e. The SMILES string of the molecule is C#CC(=O)N1[C@@H](CCCC)CC(/C=C\C)=C(N=C)[C@@H]1c1ccc(NC23CC(N)(C2)C3)cc1. The molecular weight excluding hydrogens is 396 g/mol. The Kier molecular flexibility index (Phi) is 6.01. The van der Waals surface area contributed by atoms with E-state index >= 15 is 0 Å². The summed E-state index contributed by atoms with van der Waals surface area (Å²) < 4.78 is 0. The van der Waals surface area contributed by atoms with Gasteiger partial charge < -0.3 is 16.0 Å². The van der Waals surface area contributed by atoms with Crippen LogP contribution in [0.1, 0.15) is 70.4 Å². The molecule has 0 spiro atoms. The summed E-state index contributed by atoms with van der Waals surface area (Å²) in [6.07, 6.45) is 16.6. The van der Waals surface area contributed by atoms with Gasteiger partial charge in [0.25, 0.3) is 5.91 Å². The Labute approximate surface area is 191 Å². The van der Waals surface area contributed by atoms with Crippen molar-refractivity contribution in [2.75, 3.05) is 5.32 Å². The highest BCUT2D eigenvalue weighted by Gasteiger charge is 2.66. The van der Waals surface area contributed by atoms with Gasteiger partial charge in [0.1, 0.15) is 6.04 Å². The Morgan fingerprint density at radius 3 is 2.59 bits per heavy atom. The third-order valence-electron chi connectivity index (χ3n) is 7.21. The van der Waals surface area contributed by atoms with E-state index in [4.69, 9.17) is 12.2 Å². The Balaban J connectivity index is 1.68. The maximum absolute atomic E-state index is 12.9. The molecule has 32 heavy (non-hydrogen) atoms. The Morgan fingerprint density at radius 1 is 1.38 bits per heavy atom. The van der Waals surface area contributed by atoms with E-state index in [1.807, 2.05) is 17.9 Å². The van der Waals surface area contributed by atoms with Crippen LogP contribution in [0.3, 0.4) is 0 Å². The fraction of sp³-hybridized carbons (Fsp3) is 0.481. The normalized spacial score (nSPS) is 31.0. The molecule has 3 fully saturated rings. The second kappa shape index (κ2) is 8.60. The molecule has 1 aliphatic heterocycles. The van der Waals surface area contributed by atoms with Crippen molar-refractivity contribution in [3.8, 4) is 12.3 Å². The molecule has 0 unspecified atom stereocenters. The molecule has 3 aliphatic carbocycles. The summed E-state index contributed by atoms with van der Waals surface area (Å²) in [5.41, 5.74) is 10.4. The maximum atomic E-state index is 12.9. The number of carbonyl (C=O) groups excluding carboxylic acids is 1. The Morgan fingerprint density at radius 2 is 2.06 bits per heavy atom. The molecule has 0 radical (unpaired) electrons. The predicted octanol–water partition coefficient (Wildman–Crippen LogP) is 4.73. The van der Waals surface area contributed by atoms with Gasteiger partial charge in [-0.05, 0) is 74.9 Å². The number of aliphatic imine (C=N–C) groups is 1. The standard InChI is InChI=1S/C27H34N4O/c1-5-8-10-22-15-20(9-6-2)24(29-4)25(31(22)23(32)7-3)19-11-13-21(14-12-19)30-27-16-26(28,17-27)18-27/h3,6,9,11-14,22,25,30H,4-5,8,10,15-18,28H2,1-2H3/b9-6-/t22-,25-,26?,27?/m0/s1. The number of nitrogens with two attached hydrogens (primary N) is 1. The summed E-state index contributed by atoms with van der Waals surface area (Å²) in [6, 6.07) is 8.03. The average molecular weight is 431 g/mol. The maximum Gasteiger partial charge on any atom is 0.299 e. The highest BCUT2D eigenvalue weighted by atomic mass is 16.2. The van der Waals surface area contributed by atoms with Gasteiger partial charge in [-0.25, -0.2) is 0 Å². The van der Waals surface area contributed by atoms with Crippen LogP contribution < -0.4 is 11.1 Å². The van der Waals surface area contributed by atoms with Gasteiger partial charge in [-0.1, -0.05) is 44.1 Å². The van der Waals surface area contributed by atoms with Crippen molar-refractivity contribution in [1.82, 2.24) is 4.90 Å². The average Bonchev–Trinajstić information content (AvgIpc) is 2.75. The lowest BCUT2D eigenvalue weighted by atomic mass is 9.44. The van der Waals surface area contributed by atoms with Gasteiger partial charge in [0, 0.05) is 22.8 Å². The Hall–Kier alpha value is -2.84. The molecule has 1 heterocycles. The van der Waals surface area contributed by atoms with Gasteiger partial charge in [-0.3, -0.25) is 9.79 Å². The quantitative estimate of drug-likeness (QED) is 0.463. The molecule has 1 amide bonds. The molecule has 4 aliphatic rings. The molecule has 0 saturated heterocycles. The topological polar surface area (TPSA) is 70.7 Å². The second-order valence-corrected chi connectivity index (χ2v) is 9.75. The summed E-state index contributed by atoms with van der Waals surface area (Å²) in [5, 5.41) is 3.66. The van der Waals surface area contributed by atoms with Gasteiger partial charge in [-0.15, -0.1) is 6.42 Å². The predicted molar refractivity (Wildman–Crippen MR) is 131 cm³/mol. The first-order valence-electron chi connectivity index (χ1n) is 11.7. The number of nitrogens with zero attached hydrogens (tertiary/aromatic N) is 2. The van der Waals surface area contributed by atoms with Gasteiger partial charge in [0.05, 0.1) is 5.70 Å². The molecule has 2 bridgehead atoms. The molecular formula is C27H34N4O. The number of rotatable bonds is 8. The van der Waals surface area contributed by atoms with Gasteiger partial charge >= 0.3 is 0 Å². The van der Waals surface area contributed by atoms with Crippen molar-refractivity contribution in [2.45, 2.75) is 82.0 Å². The number of hydrogen-bond donors (Lipinski definition) is 2. The van der Waals surface area contributed by atoms with E-state index in [0.29, 0.717) is 0 Å². The minimum Gasteiger partial charge on any atom is -0.379 e. The molecule has 1 aromatic carbocycles. The van der Waals surface area contributed by atoms with Crippen LogP contribution in [-0.2, 0) is 4.79 Å². The number of allylic oxidation sites excluding steroid dienone is 2. The summed E-state index contributed by atoms with van der Waals surface area (Å²) in [7, 11) is 0. The van der Waals surface area contributed by atoms with Crippen LogP contribution in [0.5, 0.6) is 0 Å². The van der Waals surface area contributed by atoms with Gasteiger partial charge in [0.15, 0.2) is 0 Å². The number of hydrogen-bond acceptors (Lipinski definition) is 4. The van der Waals surface area contributed by atoms with E-state index in [-0.39, 0.29) is 29.1 Å².